The molecule has 0 saturated heterocycles. The van der Waals surface area contributed by atoms with Crippen LogP contribution in [0.4, 0.5) is 0 Å². The van der Waals surface area contributed by atoms with Gasteiger partial charge in [0.2, 0.25) is 0 Å². The highest BCUT2D eigenvalue weighted by molar-refractivity contribution is 8.00. The van der Waals surface area contributed by atoms with Gasteiger partial charge >= 0.3 is 0 Å². The maximum atomic E-state index is 5.92. The van der Waals surface area contributed by atoms with Gasteiger partial charge in [0.05, 0.1) is 4.87 Å². The summed E-state index contributed by atoms with van der Waals surface area (Å²) in [6.45, 7) is 8.29. The van der Waals surface area contributed by atoms with Crippen molar-refractivity contribution in [3.63, 3.8) is 0 Å². The molecule has 0 aliphatic heterocycles. The summed E-state index contributed by atoms with van der Waals surface area (Å²) in [4.78, 5) is 1.05. The molecule has 13 heavy (non-hydrogen) atoms. The molecule has 0 heterocycles. The summed E-state index contributed by atoms with van der Waals surface area (Å²) in [5.74, 6) is 0. The Balaban J connectivity index is 2.86. The van der Waals surface area contributed by atoms with E-state index < -0.39 is 0 Å². The lowest BCUT2D eigenvalue weighted by molar-refractivity contribution is 0.758. The fourth-order valence-corrected chi connectivity index (χ4v) is 2.06. The van der Waals surface area contributed by atoms with E-state index >= 15 is 0 Å². The van der Waals surface area contributed by atoms with Gasteiger partial charge in [-0.1, -0.05) is 6.07 Å². The minimum atomic E-state index is -0.193. The monoisotopic (exact) mass is 195 g/mol. The Morgan fingerprint density at radius 3 is 2.23 bits per heavy atom. The molecule has 1 rings (SSSR count). The maximum absolute atomic E-state index is 5.92. The van der Waals surface area contributed by atoms with E-state index in [9.17, 15) is 0 Å². The lowest BCUT2D eigenvalue weighted by atomic mass is 10.1. The average Bonchev–Trinajstić information content (AvgIpc) is 1.94. The van der Waals surface area contributed by atoms with Crippen LogP contribution in [0.3, 0.4) is 0 Å². The highest BCUT2D eigenvalue weighted by Crippen LogP contribution is 2.29. The summed E-state index contributed by atoms with van der Waals surface area (Å²) in [5, 5.41) is 0. The number of thioether (sulfide) groups is 1. The molecule has 0 bridgehead atoms. The Hall–Kier alpha value is -0.470. The SMILES string of the molecule is Cc1ccc(SC(C)(C)N)cc1C. The summed E-state index contributed by atoms with van der Waals surface area (Å²) >= 11 is 1.70. The molecular weight excluding hydrogens is 178 g/mol. The zero-order valence-electron chi connectivity index (χ0n) is 8.72. The van der Waals surface area contributed by atoms with Crippen molar-refractivity contribution in [1.82, 2.24) is 0 Å². The van der Waals surface area contributed by atoms with E-state index in [1.807, 2.05) is 13.8 Å². The second kappa shape index (κ2) is 3.72. The van der Waals surface area contributed by atoms with Gasteiger partial charge in [0.25, 0.3) is 0 Å². The third-order valence-corrected chi connectivity index (χ3v) is 2.88. The first-order valence-electron chi connectivity index (χ1n) is 4.43. The Labute approximate surface area is 84.7 Å². The van der Waals surface area contributed by atoms with E-state index in [0.717, 1.165) is 0 Å². The summed E-state index contributed by atoms with van der Waals surface area (Å²) in [5.41, 5.74) is 8.58. The Bertz CT molecular complexity index is 299. The van der Waals surface area contributed by atoms with E-state index in [-0.39, 0.29) is 4.87 Å². The molecule has 72 valence electrons. The molecule has 0 radical (unpaired) electrons. The molecule has 0 unspecified atom stereocenters. The van der Waals surface area contributed by atoms with Crippen molar-refractivity contribution in [1.29, 1.82) is 0 Å². The molecule has 0 atom stereocenters. The summed E-state index contributed by atoms with van der Waals surface area (Å²) in [6, 6.07) is 6.46. The van der Waals surface area contributed by atoms with Crippen molar-refractivity contribution in [3.8, 4) is 0 Å². The topological polar surface area (TPSA) is 26.0 Å². The van der Waals surface area contributed by atoms with Crippen molar-refractivity contribution in [2.45, 2.75) is 37.5 Å². The molecule has 0 fully saturated rings. The molecule has 0 aliphatic rings. The van der Waals surface area contributed by atoms with Gasteiger partial charge in [0.1, 0.15) is 0 Å². The molecule has 0 aliphatic carbocycles. The van der Waals surface area contributed by atoms with Crippen molar-refractivity contribution in [2.24, 2.45) is 5.73 Å². The van der Waals surface area contributed by atoms with Crippen LogP contribution < -0.4 is 5.73 Å². The van der Waals surface area contributed by atoms with E-state index in [4.69, 9.17) is 5.73 Å². The predicted octanol–water partition coefficient (Wildman–Crippen LogP) is 3.09. The van der Waals surface area contributed by atoms with Crippen LogP contribution in [0.2, 0.25) is 0 Å². The van der Waals surface area contributed by atoms with Crippen LogP contribution in [0.15, 0.2) is 23.1 Å². The summed E-state index contributed by atoms with van der Waals surface area (Å²) < 4.78 is 0. The van der Waals surface area contributed by atoms with Crippen molar-refractivity contribution >= 4 is 11.8 Å². The molecule has 1 aromatic carbocycles. The number of nitrogens with two attached hydrogens (primary N) is 1. The van der Waals surface area contributed by atoms with Gasteiger partial charge in [-0.15, -0.1) is 11.8 Å². The first-order chi connectivity index (χ1) is 5.88. The van der Waals surface area contributed by atoms with Crippen LogP contribution in [0.25, 0.3) is 0 Å². The third kappa shape index (κ3) is 3.41. The van der Waals surface area contributed by atoms with Crippen LogP contribution in [-0.4, -0.2) is 4.87 Å². The zero-order chi connectivity index (χ0) is 10.1. The van der Waals surface area contributed by atoms with E-state index in [1.165, 1.54) is 16.0 Å². The largest absolute Gasteiger partial charge is 0.317 e. The molecule has 2 N–H and O–H groups in total. The fraction of sp³-hybridized carbons (Fsp3) is 0.455. The molecule has 0 saturated carbocycles. The van der Waals surface area contributed by atoms with Crippen LogP contribution in [-0.2, 0) is 0 Å². The standard InChI is InChI=1S/C11H17NS/c1-8-5-6-10(7-9(8)2)13-11(3,4)12/h5-7H,12H2,1-4H3. The summed E-state index contributed by atoms with van der Waals surface area (Å²) in [7, 11) is 0. The van der Waals surface area contributed by atoms with Crippen LogP contribution >= 0.6 is 11.8 Å². The molecule has 0 amide bonds. The average molecular weight is 195 g/mol. The van der Waals surface area contributed by atoms with Crippen LogP contribution in [0, 0.1) is 13.8 Å². The zero-order valence-corrected chi connectivity index (χ0v) is 9.53. The minimum absolute atomic E-state index is 0.193. The highest BCUT2D eigenvalue weighted by Gasteiger charge is 2.12. The van der Waals surface area contributed by atoms with E-state index in [1.54, 1.807) is 11.8 Å². The second-order valence-corrected chi connectivity index (χ2v) is 5.68. The van der Waals surface area contributed by atoms with Gasteiger partial charge in [-0.05, 0) is 51.0 Å². The second-order valence-electron chi connectivity index (χ2n) is 3.95. The molecule has 1 nitrogen and oxygen atoms in total. The lowest BCUT2D eigenvalue weighted by Crippen LogP contribution is -2.26. The minimum Gasteiger partial charge on any atom is -0.317 e. The van der Waals surface area contributed by atoms with Gasteiger partial charge in [0, 0.05) is 4.90 Å². The normalized spacial score (nSPS) is 11.8. The number of benzene rings is 1. The Morgan fingerprint density at radius 2 is 1.77 bits per heavy atom. The van der Waals surface area contributed by atoms with Crippen molar-refractivity contribution in [2.75, 3.05) is 0 Å². The molecular formula is C11H17NS. The van der Waals surface area contributed by atoms with Gasteiger partial charge in [-0.3, -0.25) is 0 Å². The van der Waals surface area contributed by atoms with Gasteiger partial charge in [-0.2, -0.15) is 0 Å². The van der Waals surface area contributed by atoms with Crippen LogP contribution in [0.5, 0.6) is 0 Å². The smallest absolute Gasteiger partial charge is 0.0609 e. The molecule has 0 aromatic heterocycles. The van der Waals surface area contributed by atoms with E-state index in [2.05, 4.69) is 32.0 Å². The van der Waals surface area contributed by atoms with Gasteiger partial charge < -0.3 is 5.73 Å². The molecule has 2 heteroatoms. The predicted molar refractivity (Wildman–Crippen MR) is 60.0 cm³/mol. The molecule has 1 aromatic rings. The highest BCUT2D eigenvalue weighted by atomic mass is 32.2. The fourth-order valence-electron chi connectivity index (χ4n) is 1.08. The van der Waals surface area contributed by atoms with Crippen LogP contribution in [0.1, 0.15) is 25.0 Å². The summed E-state index contributed by atoms with van der Waals surface area (Å²) in [6.07, 6.45) is 0. The molecule has 0 spiro atoms. The number of rotatable bonds is 2. The van der Waals surface area contributed by atoms with Crippen molar-refractivity contribution < 1.29 is 0 Å². The van der Waals surface area contributed by atoms with Crippen molar-refractivity contribution in [3.05, 3.63) is 29.3 Å². The lowest BCUT2D eigenvalue weighted by Gasteiger charge is -2.18. The number of aryl methyl sites for hydroxylation is 2. The Kier molecular flexibility index (Phi) is 3.04. The van der Waals surface area contributed by atoms with Gasteiger partial charge in [0.15, 0.2) is 0 Å². The first kappa shape index (κ1) is 10.6. The Morgan fingerprint density at radius 1 is 1.15 bits per heavy atom. The number of hydrogen-bond acceptors (Lipinski definition) is 2. The quantitative estimate of drug-likeness (QED) is 0.579. The first-order valence-corrected chi connectivity index (χ1v) is 5.25. The van der Waals surface area contributed by atoms with Gasteiger partial charge in [-0.25, -0.2) is 0 Å². The maximum Gasteiger partial charge on any atom is 0.0609 e. The van der Waals surface area contributed by atoms with E-state index in [0.29, 0.717) is 0 Å². The third-order valence-electron chi connectivity index (χ3n) is 1.86. The number of hydrogen-bond donors (Lipinski definition) is 1.